The third-order valence-electron chi connectivity index (χ3n) is 8.15. The minimum atomic E-state index is -0.951. The lowest BCUT2D eigenvalue weighted by atomic mass is 9.55. The Kier molecular flexibility index (Phi) is 2.83. The number of hydrogen-bond donors (Lipinski definition) is 4. The van der Waals surface area contributed by atoms with E-state index < -0.39 is 22.8 Å². The molecule has 2 unspecified atom stereocenters. The van der Waals surface area contributed by atoms with Crippen molar-refractivity contribution in [3.05, 3.63) is 40.6 Å². The molecule has 2 heterocycles. The molecule has 7 heteroatoms. The van der Waals surface area contributed by atoms with Gasteiger partial charge in [-0.05, 0) is 41.7 Å². The number of amides is 2. The summed E-state index contributed by atoms with van der Waals surface area (Å²) in [6, 6.07) is 6.18. The normalized spacial score (nSPS) is 42.0. The van der Waals surface area contributed by atoms with Crippen LogP contribution in [0.4, 0.5) is 0 Å². The van der Waals surface area contributed by atoms with Crippen LogP contribution in [0.15, 0.2) is 29.5 Å². The molecule has 2 fully saturated rings. The SMILES string of the molecule is COc1ccc2c(c1)[C@@]13CC4=C(CC(C(N)=O)C(=O)N4)C[C@@]1(O)[C@@H]1NCC21C3. The number of rotatable bonds is 2. The number of allylic oxidation sites excluding steroid dienone is 1. The number of methoxy groups -OCH3 is 1. The number of ether oxygens (including phenoxy) is 1. The van der Waals surface area contributed by atoms with Crippen LogP contribution in [0.1, 0.15) is 36.8 Å². The Balaban J connectivity index is 1.52. The van der Waals surface area contributed by atoms with Gasteiger partial charge < -0.3 is 26.2 Å². The molecular weight excluding hydrogens is 358 g/mol. The maximum Gasteiger partial charge on any atom is 0.237 e. The highest BCUT2D eigenvalue weighted by molar-refractivity contribution is 6.01. The highest BCUT2D eigenvalue weighted by Gasteiger charge is 2.79. The minimum Gasteiger partial charge on any atom is -0.497 e. The van der Waals surface area contributed by atoms with Crippen LogP contribution in [-0.2, 0) is 20.4 Å². The Labute approximate surface area is 162 Å². The molecular formula is C21H23N3O4. The van der Waals surface area contributed by atoms with Crippen LogP contribution in [0.2, 0.25) is 0 Å². The largest absolute Gasteiger partial charge is 0.497 e. The van der Waals surface area contributed by atoms with Crippen molar-refractivity contribution in [3.63, 3.8) is 0 Å². The molecule has 7 nitrogen and oxygen atoms in total. The molecule has 1 aromatic carbocycles. The van der Waals surface area contributed by atoms with Crippen LogP contribution in [-0.4, -0.2) is 42.2 Å². The molecule has 1 aromatic rings. The summed E-state index contributed by atoms with van der Waals surface area (Å²) in [4.78, 5) is 24.1. The molecule has 0 aromatic heterocycles. The minimum absolute atomic E-state index is 0.0143. The predicted octanol–water partition coefficient (Wildman–Crippen LogP) is -0.0397. The molecule has 2 amide bonds. The Hall–Kier alpha value is -2.38. The second-order valence-electron chi connectivity index (χ2n) is 9.15. The number of nitrogens with one attached hydrogen (secondary N) is 2. The van der Waals surface area contributed by atoms with Gasteiger partial charge in [0.2, 0.25) is 11.8 Å². The summed E-state index contributed by atoms with van der Waals surface area (Å²) >= 11 is 0. The lowest BCUT2D eigenvalue weighted by Gasteiger charge is -2.58. The van der Waals surface area contributed by atoms with Gasteiger partial charge in [-0.2, -0.15) is 0 Å². The van der Waals surface area contributed by atoms with Crippen LogP contribution in [0.25, 0.3) is 0 Å². The highest BCUT2D eigenvalue weighted by Crippen LogP contribution is 2.72. The van der Waals surface area contributed by atoms with Crippen molar-refractivity contribution >= 4 is 11.8 Å². The van der Waals surface area contributed by atoms with Crippen LogP contribution < -0.4 is 21.1 Å². The molecule has 1 saturated carbocycles. The van der Waals surface area contributed by atoms with Gasteiger partial charge in [-0.15, -0.1) is 0 Å². The van der Waals surface area contributed by atoms with Crippen molar-refractivity contribution in [3.8, 4) is 5.75 Å². The number of nitrogens with two attached hydrogens (primary N) is 1. The van der Waals surface area contributed by atoms with Gasteiger partial charge in [0.1, 0.15) is 11.7 Å². The average molecular weight is 381 g/mol. The van der Waals surface area contributed by atoms with Gasteiger partial charge in [0.25, 0.3) is 0 Å². The first-order chi connectivity index (χ1) is 13.3. The van der Waals surface area contributed by atoms with E-state index in [0.717, 1.165) is 35.5 Å². The maximum atomic E-state index is 12.4. The summed E-state index contributed by atoms with van der Waals surface area (Å²) in [5.74, 6) is -1.02. The fourth-order valence-electron chi connectivity index (χ4n) is 6.94. The number of hydrogen-bond acceptors (Lipinski definition) is 5. The molecule has 3 aliphatic carbocycles. The Bertz CT molecular complexity index is 1000. The van der Waals surface area contributed by atoms with E-state index in [1.165, 1.54) is 5.56 Å². The lowest BCUT2D eigenvalue weighted by molar-refractivity contribution is -0.134. The van der Waals surface area contributed by atoms with Crippen molar-refractivity contribution in [2.75, 3.05) is 13.7 Å². The summed E-state index contributed by atoms with van der Waals surface area (Å²) in [5, 5.41) is 18.5. The zero-order valence-corrected chi connectivity index (χ0v) is 15.7. The van der Waals surface area contributed by atoms with E-state index in [1.807, 2.05) is 6.07 Å². The van der Waals surface area contributed by atoms with Gasteiger partial charge in [0.15, 0.2) is 0 Å². The summed E-state index contributed by atoms with van der Waals surface area (Å²) in [6.45, 7) is 0.849. The molecule has 0 radical (unpaired) electrons. The third kappa shape index (κ3) is 1.57. The maximum absolute atomic E-state index is 12.4. The van der Waals surface area contributed by atoms with Crippen molar-refractivity contribution < 1.29 is 19.4 Å². The smallest absolute Gasteiger partial charge is 0.237 e. The zero-order chi connectivity index (χ0) is 19.5. The first kappa shape index (κ1) is 16.6. The van der Waals surface area contributed by atoms with Crippen LogP contribution >= 0.6 is 0 Å². The van der Waals surface area contributed by atoms with E-state index in [4.69, 9.17) is 10.5 Å². The Morgan fingerprint density at radius 3 is 2.82 bits per heavy atom. The lowest BCUT2D eigenvalue weighted by Crippen LogP contribution is -2.73. The van der Waals surface area contributed by atoms with E-state index >= 15 is 0 Å². The molecule has 2 bridgehead atoms. The summed E-state index contributed by atoms with van der Waals surface area (Å²) in [7, 11) is 1.65. The molecule has 5 N–H and O–H groups in total. The fraction of sp³-hybridized carbons (Fsp3) is 0.524. The molecule has 5 aliphatic rings. The molecule has 1 saturated heterocycles. The summed E-state index contributed by atoms with van der Waals surface area (Å²) in [6.07, 6.45) is 2.18. The second-order valence-corrected chi connectivity index (χ2v) is 9.15. The second kappa shape index (κ2) is 4.78. The monoisotopic (exact) mass is 381 g/mol. The van der Waals surface area contributed by atoms with Gasteiger partial charge >= 0.3 is 0 Å². The molecule has 6 rings (SSSR count). The van der Waals surface area contributed by atoms with Crippen molar-refractivity contribution in [2.45, 2.75) is 48.2 Å². The van der Waals surface area contributed by atoms with E-state index in [0.29, 0.717) is 19.3 Å². The molecule has 2 aliphatic heterocycles. The van der Waals surface area contributed by atoms with Crippen molar-refractivity contribution in [1.29, 1.82) is 0 Å². The zero-order valence-electron chi connectivity index (χ0n) is 15.7. The van der Waals surface area contributed by atoms with Gasteiger partial charge in [0, 0.05) is 42.0 Å². The summed E-state index contributed by atoms with van der Waals surface area (Å²) < 4.78 is 5.47. The number of aliphatic hydroxyl groups is 1. The molecule has 28 heavy (non-hydrogen) atoms. The fourth-order valence-corrected chi connectivity index (χ4v) is 6.94. The molecule has 5 atom stereocenters. The van der Waals surface area contributed by atoms with Gasteiger partial charge in [-0.25, -0.2) is 0 Å². The number of benzene rings is 1. The Morgan fingerprint density at radius 2 is 2.14 bits per heavy atom. The van der Waals surface area contributed by atoms with Crippen molar-refractivity contribution in [1.82, 2.24) is 10.6 Å². The van der Waals surface area contributed by atoms with Gasteiger partial charge in [-0.1, -0.05) is 6.07 Å². The number of fused-ring (bicyclic) bond motifs is 2. The van der Waals surface area contributed by atoms with E-state index in [2.05, 4.69) is 22.8 Å². The van der Waals surface area contributed by atoms with Crippen LogP contribution in [0.3, 0.4) is 0 Å². The van der Waals surface area contributed by atoms with Crippen molar-refractivity contribution in [2.24, 2.45) is 11.7 Å². The topological polar surface area (TPSA) is 114 Å². The standard InChI is InChI=1S/C21H23N3O4/c1-28-11-2-3-13-14(5-11)20-7-15-10(4-12(16(22)25)17(26)24-15)6-21(20,27)18-19(13,8-20)9-23-18/h2-3,5,12,18,23,27H,4,6-9H2,1H3,(H2,22,25)(H,24,26)/t12?,18-,19?,20+,21-/m1/s1. The molecule has 2 spiro atoms. The van der Waals surface area contributed by atoms with Crippen LogP contribution in [0.5, 0.6) is 5.75 Å². The number of primary amides is 1. The Morgan fingerprint density at radius 1 is 1.32 bits per heavy atom. The highest BCUT2D eigenvalue weighted by atomic mass is 16.5. The van der Waals surface area contributed by atoms with Gasteiger partial charge in [-0.3, -0.25) is 9.59 Å². The quantitative estimate of drug-likeness (QED) is 0.537. The van der Waals surface area contributed by atoms with Gasteiger partial charge in [0.05, 0.1) is 12.7 Å². The summed E-state index contributed by atoms with van der Waals surface area (Å²) in [5.41, 5.74) is 8.19. The van der Waals surface area contributed by atoms with E-state index in [-0.39, 0.29) is 17.4 Å². The third-order valence-corrected chi connectivity index (χ3v) is 8.15. The first-order valence-corrected chi connectivity index (χ1v) is 9.80. The predicted molar refractivity (Wildman–Crippen MR) is 99.4 cm³/mol. The first-order valence-electron chi connectivity index (χ1n) is 9.80. The van der Waals surface area contributed by atoms with E-state index in [1.54, 1.807) is 7.11 Å². The van der Waals surface area contributed by atoms with Crippen LogP contribution in [0, 0.1) is 5.92 Å². The number of carbonyl (C=O) groups excluding carboxylic acids is 2. The number of carbonyl (C=O) groups is 2. The average Bonchev–Trinajstić information content (AvgIpc) is 3.01. The molecule has 146 valence electrons. The van der Waals surface area contributed by atoms with E-state index in [9.17, 15) is 14.7 Å².